The number of nitrogens with zero attached hydrogens (tertiary/aromatic N) is 2. The van der Waals surface area contributed by atoms with Gasteiger partial charge in [-0.1, -0.05) is 68.5 Å². The molecule has 0 atom stereocenters. The predicted octanol–water partition coefficient (Wildman–Crippen LogP) is 7.69. The van der Waals surface area contributed by atoms with E-state index in [2.05, 4.69) is 22.8 Å². The van der Waals surface area contributed by atoms with Gasteiger partial charge in [0.25, 0.3) is 5.91 Å². The summed E-state index contributed by atoms with van der Waals surface area (Å²) in [6.07, 6.45) is 6.22. The molecular formula is C33H37ClN4O4S. The Morgan fingerprint density at radius 2 is 1.74 bits per heavy atom. The van der Waals surface area contributed by atoms with Crippen LogP contribution in [0.3, 0.4) is 0 Å². The molecule has 1 aliphatic heterocycles. The van der Waals surface area contributed by atoms with Crippen molar-refractivity contribution in [1.29, 1.82) is 0 Å². The third-order valence-corrected chi connectivity index (χ3v) is 8.29. The number of halogens is 1. The van der Waals surface area contributed by atoms with Gasteiger partial charge in [0.2, 0.25) is 0 Å². The average molecular weight is 621 g/mol. The van der Waals surface area contributed by atoms with E-state index in [1.165, 1.54) is 6.42 Å². The number of hydrogen-bond donors (Lipinski definition) is 2. The normalized spacial score (nSPS) is 13.2. The van der Waals surface area contributed by atoms with Crippen molar-refractivity contribution in [1.82, 2.24) is 5.43 Å². The molecule has 0 bridgehead atoms. The van der Waals surface area contributed by atoms with E-state index in [0.717, 1.165) is 54.0 Å². The number of carbonyl (C=O) groups excluding carboxylic acids is 3. The molecule has 10 heteroatoms. The number of hydrazone groups is 1. The van der Waals surface area contributed by atoms with Gasteiger partial charge >= 0.3 is 12.0 Å². The Morgan fingerprint density at radius 1 is 0.977 bits per heavy atom. The van der Waals surface area contributed by atoms with Crippen LogP contribution in [0.4, 0.5) is 16.2 Å². The molecule has 0 spiro atoms. The van der Waals surface area contributed by atoms with Crippen molar-refractivity contribution in [3.05, 3.63) is 88.4 Å². The maximum absolute atomic E-state index is 13.5. The number of ether oxygens (including phenoxy) is 1. The van der Waals surface area contributed by atoms with Gasteiger partial charge in [-0.05, 0) is 67.8 Å². The molecule has 1 heterocycles. The molecule has 0 aromatic heterocycles. The van der Waals surface area contributed by atoms with Gasteiger partial charge < -0.3 is 15.0 Å². The lowest BCUT2D eigenvalue weighted by Crippen LogP contribution is -2.33. The van der Waals surface area contributed by atoms with E-state index in [4.69, 9.17) is 16.3 Å². The molecule has 4 rings (SSSR count). The standard InChI is InChI=1S/C33H37ClN4O4S/c1-3-5-6-7-10-20-38-29-18-17-25(43-21-19-23-13-15-24(16-14-23)32(40)42-4-2)22-26(29)30(31(38)39)36-37-33(41)35-28-12-9-8-11-27(28)34/h8-9,11-18,22H,3-7,10,19-21H2,1-2H3,(H2,35,37,41)/b36-30-. The van der Waals surface area contributed by atoms with Gasteiger partial charge in [0.05, 0.1) is 28.6 Å². The van der Waals surface area contributed by atoms with Crippen LogP contribution in [-0.2, 0) is 16.0 Å². The minimum atomic E-state index is -0.590. The Morgan fingerprint density at radius 3 is 2.49 bits per heavy atom. The van der Waals surface area contributed by atoms with Crippen molar-refractivity contribution in [2.75, 3.05) is 29.1 Å². The number of para-hydroxylation sites is 1. The van der Waals surface area contributed by atoms with E-state index < -0.39 is 6.03 Å². The lowest BCUT2D eigenvalue weighted by atomic mass is 10.1. The van der Waals surface area contributed by atoms with Crippen molar-refractivity contribution in [2.24, 2.45) is 5.10 Å². The van der Waals surface area contributed by atoms with Crippen molar-refractivity contribution >= 4 is 58.4 Å². The molecule has 226 valence electrons. The summed E-state index contributed by atoms with van der Waals surface area (Å²) in [7, 11) is 0. The number of hydrogen-bond acceptors (Lipinski definition) is 6. The van der Waals surface area contributed by atoms with Crippen molar-refractivity contribution in [2.45, 2.75) is 57.3 Å². The smallest absolute Gasteiger partial charge is 0.339 e. The maximum Gasteiger partial charge on any atom is 0.339 e. The number of aryl methyl sites for hydroxylation is 1. The molecule has 0 radical (unpaired) electrons. The van der Waals surface area contributed by atoms with Gasteiger partial charge in [-0.15, -0.1) is 11.8 Å². The fourth-order valence-corrected chi connectivity index (χ4v) is 5.84. The van der Waals surface area contributed by atoms with E-state index >= 15 is 0 Å². The third kappa shape index (κ3) is 8.84. The summed E-state index contributed by atoms with van der Waals surface area (Å²) in [6, 6.07) is 19.7. The zero-order chi connectivity index (χ0) is 30.6. The Labute approximate surface area is 262 Å². The van der Waals surface area contributed by atoms with Crippen LogP contribution in [0.15, 0.2) is 76.7 Å². The van der Waals surface area contributed by atoms with Crippen LogP contribution >= 0.6 is 23.4 Å². The molecule has 0 aliphatic carbocycles. The summed E-state index contributed by atoms with van der Waals surface area (Å²) >= 11 is 7.82. The van der Waals surface area contributed by atoms with E-state index in [-0.39, 0.29) is 17.6 Å². The van der Waals surface area contributed by atoms with Gasteiger partial charge in [0.1, 0.15) is 0 Å². The SMILES string of the molecule is CCCCCCCN1C(=O)/C(=N\NC(=O)Nc2ccccc2Cl)c2cc(SCCc3ccc(C(=O)OCC)cc3)ccc21. The Kier molecular flexibility index (Phi) is 12.1. The second kappa shape index (κ2) is 16.1. The number of anilines is 2. The highest BCUT2D eigenvalue weighted by atomic mass is 35.5. The van der Waals surface area contributed by atoms with Crippen molar-refractivity contribution < 1.29 is 19.1 Å². The number of fused-ring (bicyclic) bond motifs is 1. The number of thioether (sulfide) groups is 1. The Balaban J connectivity index is 1.45. The number of benzene rings is 3. The first-order valence-electron chi connectivity index (χ1n) is 14.7. The molecule has 0 saturated carbocycles. The third-order valence-electron chi connectivity index (χ3n) is 6.96. The van der Waals surface area contributed by atoms with Gasteiger partial charge in [-0.2, -0.15) is 5.10 Å². The number of rotatable bonds is 14. The fourth-order valence-electron chi connectivity index (χ4n) is 4.71. The second-order valence-electron chi connectivity index (χ2n) is 10.1. The molecule has 3 aromatic carbocycles. The Bertz CT molecular complexity index is 1460. The molecule has 0 unspecified atom stereocenters. The lowest BCUT2D eigenvalue weighted by Gasteiger charge is -2.17. The zero-order valence-corrected chi connectivity index (χ0v) is 26.1. The monoisotopic (exact) mass is 620 g/mol. The molecule has 0 fully saturated rings. The predicted molar refractivity (Wildman–Crippen MR) is 175 cm³/mol. The molecule has 3 amide bonds. The topological polar surface area (TPSA) is 100 Å². The van der Waals surface area contributed by atoms with Crippen LogP contribution in [0.2, 0.25) is 5.02 Å². The number of amides is 3. The van der Waals surface area contributed by atoms with Gasteiger partial charge in [0.15, 0.2) is 5.71 Å². The van der Waals surface area contributed by atoms with Crippen LogP contribution < -0.4 is 15.6 Å². The van der Waals surface area contributed by atoms with Crippen LogP contribution in [0.1, 0.15) is 67.4 Å². The second-order valence-corrected chi connectivity index (χ2v) is 11.6. The molecule has 1 aliphatic rings. The fraction of sp³-hybridized carbons (Fsp3) is 0.333. The molecule has 2 N–H and O–H groups in total. The van der Waals surface area contributed by atoms with E-state index in [1.807, 2.05) is 30.3 Å². The van der Waals surface area contributed by atoms with E-state index in [9.17, 15) is 14.4 Å². The van der Waals surface area contributed by atoms with Crippen LogP contribution in [0.25, 0.3) is 0 Å². The first-order chi connectivity index (χ1) is 20.9. The molecule has 8 nitrogen and oxygen atoms in total. The number of nitrogens with one attached hydrogen (secondary N) is 2. The first kappa shape index (κ1) is 32.1. The zero-order valence-electron chi connectivity index (χ0n) is 24.5. The largest absolute Gasteiger partial charge is 0.462 e. The molecule has 0 saturated heterocycles. The van der Waals surface area contributed by atoms with Crippen LogP contribution in [-0.4, -0.2) is 42.5 Å². The first-order valence-corrected chi connectivity index (χ1v) is 16.0. The summed E-state index contributed by atoms with van der Waals surface area (Å²) in [4.78, 5) is 40.7. The molecule has 43 heavy (non-hydrogen) atoms. The highest BCUT2D eigenvalue weighted by Gasteiger charge is 2.34. The summed E-state index contributed by atoms with van der Waals surface area (Å²) in [5, 5.41) is 7.32. The molecule has 3 aromatic rings. The Hall–Kier alpha value is -3.82. The summed E-state index contributed by atoms with van der Waals surface area (Å²) < 4.78 is 5.05. The van der Waals surface area contributed by atoms with Crippen LogP contribution in [0, 0.1) is 0 Å². The lowest BCUT2D eigenvalue weighted by molar-refractivity contribution is -0.112. The number of esters is 1. The number of unbranched alkanes of at least 4 members (excludes halogenated alkanes) is 4. The van der Waals surface area contributed by atoms with Gasteiger partial charge in [-0.3, -0.25) is 4.79 Å². The average Bonchev–Trinajstić information content (AvgIpc) is 3.27. The summed E-state index contributed by atoms with van der Waals surface area (Å²) in [5.41, 5.74) is 6.27. The van der Waals surface area contributed by atoms with Crippen molar-refractivity contribution in [3.8, 4) is 0 Å². The number of carbonyl (C=O) groups is 3. The minimum Gasteiger partial charge on any atom is -0.462 e. The highest BCUT2D eigenvalue weighted by Crippen LogP contribution is 2.34. The van der Waals surface area contributed by atoms with E-state index in [0.29, 0.717) is 35.0 Å². The van der Waals surface area contributed by atoms with Gasteiger partial charge in [0, 0.05) is 22.8 Å². The summed E-state index contributed by atoms with van der Waals surface area (Å²) in [6.45, 7) is 4.90. The molecular weight excluding hydrogens is 584 g/mol. The van der Waals surface area contributed by atoms with Crippen molar-refractivity contribution in [3.63, 3.8) is 0 Å². The van der Waals surface area contributed by atoms with Crippen LogP contribution in [0.5, 0.6) is 0 Å². The minimum absolute atomic E-state index is 0.204. The van der Waals surface area contributed by atoms with Gasteiger partial charge in [-0.25, -0.2) is 15.0 Å². The maximum atomic E-state index is 13.5. The highest BCUT2D eigenvalue weighted by molar-refractivity contribution is 7.99. The quantitative estimate of drug-likeness (QED) is 0.0833. The van der Waals surface area contributed by atoms with E-state index in [1.54, 1.807) is 60.0 Å². The summed E-state index contributed by atoms with van der Waals surface area (Å²) in [5.74, 6) is 0.254. The number of urea groups is 1.